The van der Waals surface area contributed by atoms with Crippen molar-refractivity contribution in [2.75, 3.05) is 14.2 Å². The van der Waals surface area contributed by atoms with E-state index in [4.69, 9.17) is 20.1 Å². The SMILES string of the molecule is COC1=CC(=N)/C(=C\N[C@H]2CC[C@H](CC#N)CC2)C=C1NC(O)c1cccc(OC)[n+]1O. The van der Waals surface area contributed by atoms with Crippen molar-refractivity contribution in [2.24, 2.45) is 5.92 Å². The molecule has 0 saturated heterocycles. The van der Waals surface area contributed by atoms with Gasteiger partial charge in [0.1, 0.15) is 5.76 Å². The Kier molecular flexibility index (Phi) is 7.73. The van der Waals surface area contributed by atoms with Crippen molar-refractivity contribution in [3.8, 4) is 11.9 Å². The lowest BCUT2D eigenvalue weighted by Crippen LogP contribution is -2.41. The monoisotopic (exact) mass is 440 g/mol. The summed E-state index contributed by atoms with van der Waals surface area (Å²) in [7, 11) is 2.91. The number of nitrogens with zero attached hydrogens (tertiary/aromatic N) is 2. The molecule has 0 spiro atoms. The van der Waals surface area contributed by atoms with Crippen LogP contribution in [0.5, 0.6) is 5.88 Å². The fraction of sp³-hybridized carbons (Fsp3) is 0.435. The Hall–Kier alpha value is -3.51. The van der Waals surface area contributed by atoms with E-state index in [1.54, 1.807) is 30.4 Å². The summed E-state index contributed by atoms with van der Waals surface area (Å²) in [4.78, 5) is 0. The number of methoxy groups -OCH3 is 2. The van der Waals surface area contributed by atoms with Gasteiger partial charge in [-0.2, -0.15) is 5.26 Å². The molecule has 1 heterocycles. The Morgan fingerprint density at radius 3 is 2.66 bits per heavy atom. The average molecular weight is 441 g/mol. The van der Waals surface area contributed by atoms with Crippen molar-refractivity contribution in [3.05, 3.63) is 59.3 Å². The highest BCUT2D eigenvalue weighted by molar-refractivity contribution is 6.10. The zero-order chi connectivity index (χ0) is 23.1. The fourth-order valence-electron chi connectivity index (χ4n) is 3.95. The van der Waals surface area contributed by atoms with Crippen molar-refractivity contribution in [1.82, 2.24) is 10.6 Å². The van der Waals surface area contributed by atoms with Gasteiger partial charge in [-0.05, 0) is 43.7 Å². The Bertz CT molecular complexity index is 971. The molecule has 0 radical (unpaired) electrons. The van der Waals surface area contributed by atoms with Crippen LogP contribution in [-0.4, -0.2) is 36.3 Å². The molecule has 9 heteroatoms. The predicted molar refractivity (Wildman–Crippen MR) is 117 cm³/mol. The van der Waals surface area contributed by atoms with E-state index >= 15 is 0 Å². The smallest absolute Gasteiger partial charge is 0.416 e. The maximum absolute atomic E-state index is 10.7. The van der Waals surface area contributed by atoms with Crippen LogP contribution in [0.2, 0.25) is 0 Å². The molecule has 32 heavy (non-hydrogen) atoms. The van der Waals surface area contributed by atoms with Crippen molar-refractivity contribution in [2.45, 2.75) is 44.4 Å². The standard InChI is InChI=1S/C23H30N5O4/c1-31-21-13-18(25)16(14-26-17-8-6-15(7-9-17)10-11-24)12-19(21)27-23(29)20-4-3-5-22(32-2)28(20)30/h3-5,12-15,17,23,25-27,29-30H,6-10H2,1-2H3/q+1/b16-14-,25-18?/t15-,17-,23?. The summed E-state index contributed by atoms with van der Waals surface area (Å²) in [6.07, 6.45) is 8.50. The van der Waals surface area contributed by atoms with Crippen LogP contribution in [0.3, 0.4) is 0 Å². The lowest BCUT2D eigenvalue weighted by atomic mass is 9.84. The molecule has 0 bridgehead atoms. The number of rotatable bonds is 8. The molecule has 1 aromatic rings. The highest BCUT2D eigenvalue weighted by Crippen LogP contribution is 2.27. The van der Waals surface area contributed by atoms with Gasteiger partial charge in [-0.15, -0.1) is 0 Å². The summed E-state index contributed by atoms with van der Waals surface area (Å²) >= 11 is 0. The molecule has 0 aliphatic heterocycles. The first-order valence-corrected chi connectivity index (χ1v) is 10.6. The number of aromatic nitrogens is 1. The van der Waals surface area contributed by atoms with Crippen molar-refractivity contribution in [3.63, 3.8) is 0 Å². The number of allylic oxidation sites excluding steroid dienone is 3. The highest BCUT2D eigenvalue weighted by atomic mass is 16.5. The van der Waals surface area contributed by atoms with Gasteiger partial charge in [0, 0.05) is 36.4 Å². The second-order valence-corrected chi connectivity index (χ2v) is 7.88. The Labute approximate surface area is 187 Å². The van der Waals surface area contributed by atoms with Crippen LogP contribution in [0.15, 0.2) is 53.6 Å². The minimum atomic E-state index is -1.25. The largest absolute Gasteiger partial charge is 0.495 e. The number of nitrogens with one attached hydrogen (secondary N) is 3. The molecule has 1 aromatic heterocycles. The van der Waals surface area contributed by atoms with E-state index in [0.29, 0.717) is 35.4 Å². The number of pyridine rings is 1. The average Bonchev–Trinajstić information content (AvgIpc) is 2.80. The van der Waals surface area contributed by atoms with Gasteiger partial charge in [-0.3, -0.25) is 5.21 Å². The maximum Gasteiger partial charge on any atom is 0.416 e. The van der Waals surface area contributed by atoms with E-state index in [1.165, 1.54) is 14.2 Å². The van der Waals surface area contributed by atoms with Crippen LogP contribution in [0.25, 0.3) is 0 Å². The van der Waals surface area contributed by atoms with Gasteiger partial charge in [0.05, 0.1) is 42.5 Å². The number of hydrogen-bond donors (Lipinski definition) is 5. The summed E-state index contributed by atoms with van der Waals surface area (Å²) in [6.45, 7) is 0. The molecular formula is C23H30N5O4+. The molecule has 1 atom stereocenters. The maximum atomic E-state index is 10.7. The second-order valence-electron chi connectivity index (χ2n) is 7.88. The number of hydrogen-bond acceptors (Lipinski definition) is 8. The molecule has 1 unspecified atom stereocenters. The van der Waals surface area contributed by atoms with Gasteiger partial charge < -0.3 is 30.6 Å². The number of ether oxygens (including phenoxy) is 2. The van der Waals surface area contributed by atoms with E-state index in [-0.39, 0.29) is 17.3 Å². The fourth-order valence-corrected chi connectivity index (χ4v) is 3.95. The van der Waals surface area contributed by atoms with E-state index < -0.39 is 6.23 Å². The molecule has 0 aromatic carbocycles. The molecule has 170 valence electrons. The van der Waals surface area contributed by atoms with Crippen LogP contribution >= 0.6 is 0 Å². The quantitative estimate of drug-likeness (QED) is 0.238. The van der Waals surface area contributed by atoms with E-state index in [0.717, 1.165) is 30.4 Å². The van der Waals surface area contributed by atoms with E-state index in [9.17, 15) is 10.3 Å². The van der Waals surface area contributed by atoms with Gasteiger partial charge >= 0.3 is 5.88 Å². The highest BCUT2D eigenvalue weighted by Gasteiger charge is 2.27. The van der Waals surface area contributed by atoms with Crippen molar-refractivity contribution in [1.29, 1.82) is 10.7 Å². The predicted octanol–water partition coefficient (Wildman–Crippen LogP) is 2.19. The summed E-state index contributed by atoms with van der Waals surface area (Å²) in [5.41, 5.74) is 1.58. The van der Waals surface area contributed by atoms with Crippen LogP contribution in [0.4, 0.5) is 0 Å². The minimum absolute atomic E-state index is 0.180. The number of aliphatic hydroxyl groups excluding tert-OH is 1. The first kappa shape index (κ1) is 23.2. The molecule has 5 N–H and O–H groups in total. The summed E-state index contributed by atoms with van der Waals surface area (Å²) in [6, 6.07) is 7.34. The lowest BCUT2D eigenvalue weighted by molar-refractivity contribution is -0.913. The molecule has 2 aliphatic carbocycles. The number of aliphatic hydroxyl groups is 1. The van der Waals surface area contributed by atoms with E-state index in [2.05, 4.69) is 16.7 Å². The van der Waals surface area contributed by atoms with Gasteiger partial charge in [-0.25, -0.2) is 0 Å². The van der Waals surface area contributed by atoms with E-state index in [1.807, 2.05) is 6.20 Å². The summed E-state index contributed by atoms with van der Waals surface area (Å²) in [5.74, 6) is 1.06. The van der Waals surface area contributed by atoms with Gasteiger partial charge in [0.2, 0.25) is 6.23 Å². The molecule has 0 amide bonds. The van der Waals surface area contributed by atoms with Gasteiger partial charge in [-0.1, -0.05) is 0 Å². The molecule has 9 nitrogen and oxygen atoms in total. The van der Waals surface area contributed by atoms with Crippen LogP contribution in [-0.2, 0) is 4.74 Å². The minimum Gasteiger partial charge on any atom is -0.495 e. The number of nitriles is 1. The van der Waals surface area contributed by atoms with Crippen LogP contribution in [0.1, 0.15) is 44.0 Å². The Balaban J connectivity index is 1.72. The van der Waals surface area contributed by atoms with Crippen LogP contribution in [0, 0.1) is 22.7 Å². The lowest BCUT2D eigenvalue weighted by Gasteiger charge is -2.28. The zero-order valence-corrected chi connectivity index (χ0v) is 18.3. The third-order valence-electron chi connectivity index (χ3n) is 5.81. The Morgan fingerprint density at radius 2 is 2.00 bits per heavy atom. The molecular weight excluding hydrogens is 410 g/mol. The van der Waals surface area contributed by atoms with Crippen molar-refractivity contribution >= 4 is 5.71 Å². The second kappa shape index (κ2) is 10.7. The topological polar surface area (TPSA) is 134 Å². The normalized spacial score (nSPS) is 22.9. The molecule has 2 aliphatic rings. The molecule has 1 saturated carbocycles. The van der Waals surface area contributed by atoms with Gasteiger partial charge in [0.15, 0.2) is 0 Å². The first-order valence-electron chi connectivity index (χ1n) is 10.6. The molecule has 1 fully saturated rings. The van der Waals surface area contributed by atoms with Gasteiger partial charge in [0.25, 0.3) is 5.69 Å². The summed E-state index contributed by atoms with van der Waals surface area (Å²) < 4.78 is 11.2. The third-order valence-corrected chi connectivity index (χ3v) is 5.81. The summed E-state index contributed by atoms with van der Waals surface area (Å²) in [5, 5.41) is 44.4. The Morgan fingerprint density at radius 1 is 1.25 bits per heavy atom. The zero-order valence-electron chi connectivity index (χ0n) is 18.3. The first-order chi connectivity index (χ1) is 15.5. The van der Waals surface area contributed by atoms with Crippen LogP contribution < -0.4 is 20.1 Å². The van der Waals surface area contributed by atoms with Crippen molar-refractivity contribution < 1.29 is 24.5 Å². The third kappa shape index (κ3) is 5.39. The molecule has 3 rings (SSSR count).